The van der Waals surface area contributed by atoms with Crippen LogP contribution >= 0.6 is 11.6 Å². The van der Waals surface area contributed by atoms with Crippen LogP contribution in [0.3, 0.4) is 0 Å². The van der Waals surface area contributed by atoms with Gasteiger partial charge in [-0.2, -0.15) is 5.10 Å². The molecule has 1 aliphatic heterocycles. The van der Waals surface area contributed by atoms with E-state index >= 15 is 0 Å². The van der Waals surface area contributed by atoms with Gasteiger partial charge in [-0.1, -0.05) is 30.2 Å². The van der Waals surface area contributed by atoms with Crippen LogP contribution in [0.2, 0.25) is 5.02 Å². The fourth-order valence-corrected chi connectivity index (χ4v) is 2.74. The van der Waals surface area contributed by atoms with Crippen LogP contribution < -0.4 is 5.56 Å². The van der Waals surface area contributed by atoms with Gasteiger partial charge in [-0.15, -0.1) is 0 Å². The number of piperidine rings is 1. The van der Waals surface area contributed by atoms with E-state index < -0.39 is 0 Å². The summed E-state index contributed by atoms with van der Waals surface area (Å²) in [6, 6.07) is 10.8. The van der Waals surface area contributed by atoms with Gasteiger partial charge in [0.1, 0.15) is 0 Å². The minimum Gasteiger partial charge on any atom is -0.284 e. The average Bonchev–Trinajstić information content (AvgIpc) is 2.51. The second-order valence-electron chi connectivity index (χ2n) is 5.38. The highest BCUT2D eigenvalue weighted by Crippen LogP contribution is 2.18. The topological polar surface area (TPSA) is 38.1 Å². The average molecular weight is 304 g/mol. The summed E-state index contributed by atoms with van der Waals surface area (Å²) in [6.45, 7) is 2.65. The van der Waals surface area contributed by atoms with Gasteiger partial charge < -0.3 is 0 Å². The first kappa shape index (κ1) is 14.3. The van der Waals surface area contributed by atoms with Gasteiger partial charge in [-0.05, 0) is 44.1 Å². The molecule has 0 spiro atoms. The zero-order chi connectivity index (χ0) is 14.7. The third-order valence-corrected chi connectivity index (χ3v) is 4.04. The van der Waals surface area contributed by atoms with Crippen molar-refractivity contribution >= 4 is 11.6 Å². The Morgan fingerprint density at radius 1 is 1.00 bits per heavy atom. The number of aromatic nitrogens is 2. The van der Waals surface area contributed by atoms with E-state index in [-0.39, 0.29) is 5.56 Å². The van der Waals surface area contributed by atoms with Gasteiger partial charge >= 0.3 is 0 Å². The first-order valence-corrected chi connectivity index (χ1v) is 7.67. The number of rotatable bonds is 3. The summed E-state index contributed by atoms with van der Waals surface area (Å²) < 4.78 is 1.55. The minimum absolute atomic E-state index is 0.0571. The normalized spacial score (nSPS) is 16.0. The molecule has 1 saturated heterocycles. The number of benzene rings is 1. The Bertz CT molecular complexity index is 660. The van der Waals surface area contributed by atoms with Crippen molar-refractivity contribution in [2.24, 2.45) is 0 Å². The lowest BCUT2D eigenvalue weighted by molar-refractivity contribution is 0.170. The number of halogens is 1. The van der Waals surface area contributed by atoms with Crippen LogP contribution in [0.25, 0.3) is 11.3 Å². The zero-order valence-electron chi connectivity index (χ0n) is 11.8. The van der Waals surface area contributed by atoms with E-state index in [2.05, 4.69) is 10.00 Å². The van der Waals surface area contributed by atoms with Crippen LogP contribution in [-0.2, 0) is 6.67 Å². The number of nitrogens with zero attached hydrogens (tertiary/aromatic N) is 3. The molecular formula is C16H18ClN3O. The highest BCUT2D eigenvalue weighted by Gasteiger charge is 2.12. The first-order chi connectivity index (χ1) is 10.2. The summed E-state index contributed by atoms with van der Waals surface area (Å²) in [6.07, 6.45) is 3.68. The molecule has 0 saturated carbocycles. The number of likely N-dealkylation sites (tertiary alicyclic amines) is 1. The smallest absolute Gasteiger partial charge is 0.268 e. The van der Waals surface area contributed by atoms with Crippen molar-refractivity contribution in [1.82, 2.24) is 14.7 Å². The molecular weight excluding hydrogens is 286 g/mol. The van der Waals surface area contributed by atoms with Crippen molar-refractivity contribution in [3.05, 3.63) is 51.8 Å². The van der Waals surface area contributed by atoms with Crippen molar-refractivity contribution in [2.45, 2.75) is 25.9 Å². The van der Waals surface area contributed by atoms with Crippen LogP contribution in [0.5, 0.6) is 0 Å². The van der Waals surface area contributed by atoms with E-state index in [9.17, 15) is 4.79 Å². The Morgan fingerprint density at radius 3 is 2.43 bits per heavy atom. The van der Waals surface area contributed by atoms with Crippen LogP contribution in [-0.4, -0.2) is 27.8 Å². The molecule has 5 heteroatoms. The SMILES string of the molecule is O=c1ccc(-c2ccc(Cl)cc2)nn1CN1CCCCC1. The predicted octanol–water partition coefficient (Wildman–Crippen LogP) is 3.01. The molecule has 4 nitrogen and oxygen atoms in total. The highest BCUT2D eigenvalue weighted by molar-refractivity contribution is 6.30. The summed E-state index contributed by atoms with van der Waals surface area (Å²) in [4.78, 5) is 14.3. The van der Waals surface area contributed by atoms with E-state index in [0.29, 0.717) is 11.7 Å². The summed E-state index contributed by atoms with van der Waals surface area (Å²) in [5.41, 5.74) is 1.70. The van der Waals surface area contributed by atoms with E-state index in [1.165, 1.54) is 19.3 Å². The van der Waals surface area contributed by atoms with E-state index in [0.717, 1.165) is 24.3 Å². The molecule has 0 amide bonds. The van der Waals surface area contributed by atoms with Crippen molar-refractivity contribution < 1.29 is 0 Å². The highest BCUT2D eigenvalue weighted by atomic mass is 35.5. The molecule has 1 aromatic carbocycles. The Morgan fingerprint density at radius 2 is 1.71 bits per heavy atom. The van der Waals surface area contributed by atoms with E-state index in [1.807, 2.05) is 24.3 Å². The van der Waals surface area contributed by atoms with Crippen LogP contribution in [0.15, 0.2) is 41.2 Å². The van der Waals surface area contributed by atoms with Gasteiger partial charge in [0, 0.05) is 16.7 Å². The van der Waals surface area contributed by atoms with E-state index in [1.54, 1.807) is 16.8 Å². The molecule has 0 atom stereocenters. The lowest BCUT2D eigenvalue weighted by Crippen LogP contribution is -2.36. The molecule has 1 aliphatic rings. The lowest BCUT2D eigenvalue weighted by Gasteiger charge is -2.26. The maximum absolute atomic E-state index is 12.0. The van der Waals surface area contributed by atoms with Crippen LogP contribution in [0, 0.1) is 0 Å². The second-order valence-corrected chi connectivity index (χ2v) is 5.82. The van der Waals surface area contributed by atoms with Gasteiger partial charge in [-0.3, -0.25) is 9.69 Å². The van der Waals surface area contributed by atoms with Gasteiger partial charge in [0.05, 0.1) is 12.4 Å². The molecule has 0 unspecified atom stereocenters. The molecule has 0 N–H and O–H groups in total. The molecule has 1 aromatic heterocycles. The van der Waals surface area contributed by atoms with Crippen molar-refractivity contribution in [1.29, 1.82) is 0 Å². The quantitative estimate of drug-likeness (QED) is 0.875. The molecule has 0 aliphatic carbocycles. The first-order valence-electron chi connectivity index (χ1n) is 7.29. The molecule has 110 valence electrons. The van der Waals surface area contributed by atoms with Crippen LogP contribution in [0.1, 0.15) is 19.3 Å². The molecule has 2 aromatic rings. The fourth-order valence-electron chi connectivity index (χ4n) is 2.62. The Kier molecular flexibility index (Phi) is 4.36. The van der Waals surface area contributed by atoms with Crippen molar-refractivity contribution in [3.8, 4) is 11.3 Å². The zero-order valence-corrected chi connectivity index (χ0v) is 12.6. The fraction of sp³-hybridized carbons (Fsp3) is 0.375. The molecule has 1 fully saturated rings. The summed E-state index contributed by atoms with van der Waals surface area (Å²) in [5.74, 6) is 0. The molecule has 3 rings (SSSR count). The van der Waals surface area contributed by atoms with Crippen molar-refractivity contribution in [2.75, 3.05) is 13.1 Å². The Balaban J connectivity index is 1.85. The predicted molar refractivity (Wildman–Crippen MR) is 84.4 cm³/mol. The summed E-state index contributed by atoms with van der Waals surface area (Å²) in [7, 11) is 0. The van der Waals surface area contributed by atoms with Crippen molar-refractivity contribution in [3.63, 3.8) is 0 Å². The Labute approximate surface area is 129 Å². The van der Waals surface area contributed by atoms with Crippen LogP contribution in [0.4, 0.5) is 0 Å². The van der Waals surface area contributed by atoms with Gasteiger partial charge in [0.2, 0.25) is 0 Å². The maximum Gasteiger partial charge on any atom is 0.268 e. The maximum atomic E-state index is 12.0. The monoisotopic (exact) mass is 303 g/mol. The standard InChI is InChI=1S/C16H18ClN3O/c17-14-6-4-13(5-7-14)15-8-9-16(21)20(18-15)12-19-10-2-1-3-11-19/h4-9H,1-3,10-12H2. The molecule has 2 heterocycles. The van der Waals surface area contributed by atoms with E-state index in [4.69, 9.17) is 11.6 Å². The molecule has 21 heavy (non-hydrogen) atoms. The Hall–Kier alpha value is -1.65. The molecule has 0 radical (unpaired) electrons. The minimum atomic E-state index is -0.0571. The second kappa shape index (κ2) is 6.41. The van der Waals surface area contributed by atoms with Gasteiger partial charge in [-0.25, -0.2) is 4.68 Å². The summed E-state index contributed by atoms with van der Waals surface area (Å²) in [5, 5.41) is 5.18. The summed E-state index contributed by atoms with van der Waals surface area (Å²) >= 11 is 5.90. The number of hydrogen-bond donors (Lipinski definition) is 0. The van der Waals surface area contributed by atoms with Gasteiger partial charge in [0.25, 0.3) is 5.56 Å². The molecule has 0 bridgehead atoms. The third-order valence-electron chi connectivity index (χ3n) is 3.79. The lowest BCUT2D eigenvalue weighted by atomic mass is 10.1. The third kappa shape index (κ3) is 3.52. The van der Waals surface area contributed by atoms with Gasteiger partial charge in [0.15, 0.2) is 0 Å². The largest absolute Gasteiger partial charge is 0.284 e. The number of hydrogen-bond acceptors (Lipinski definition) is 3.